The maximum absolute atomic E-state index is 12.9. The number of rotatable bonds is 2. The van der Waals surface area contributed by atoms with Gasteiger partial charge in [-0.3, -0.25) is 0 Å². The highest BCUT2D eigenvalue weighted by Gasteiger charge is 2.30. The second-order valence-electron chi connectivity index (χ2n) is 6.72. The van der Waals surface area contributed by atoms with E-state index < -0.39 is 11.7 Å². The van der Waals surface area contributed by atoms with Crippen LogP contribution in [-0.2, 0) is 6.18 Å². The lowest BCUT2D eigenvalue weighted by Gasteiger charge is -2.12. The van der Waals surface area contributed by atoms with Crippen LogP contribution in [0.15, 0.2) is 84.4 Å². The van der Waals surface area contributed by atoms with Crippen molar-refractivity contribution in [1.29, 1.82) is 0 Å². The van der Waals surface area contributed by atoms with Gasteiger partial charge >= 0.3 is 6.18 Å². The van der Waals surface area contributed by atoms with Crippen molar-refractivity contribution in [3.63, 3.8) is 0 Å². The smallest absolute Gasteiger partial charge is 0.166 e. The molecule has 1 fully saturated rings. The highest BCUT2D eigenvalue weighted by molar-refractivity contribution is 5.86. The number of alkyl halides is 3. The minimum Gasteiger partial charge on any atom is -0.166 e. The second-order valence-corrected chi connectivity index (χ2v) is 6.72. The van der Waals surface area contributed by atoms with Gasteiger partial charge in [-0.2, -0.15) is 13.2 Å². The van der Waals surface area contributed by atoms with Crippen molar-refractivity contribution in [3.8, 4) is 11.8 Å². The molecule has 3 heteroatoms. The SMILES string of the molecule is FC(F)(F)c1ccc(C(=C2CC2)c2ccccc2C#Cc2ccccc2)cc1. The molecule has 138 valence electrons. The molecule has 3 aromatic rings. The summed E-state index contributed by atoms with van der Waals surface area (Å²) in [5, 5.41) is 0. The Morgan fingerprint density at radius 1 is 0.714 bits per heavy atom. The van der Waals surface area contributed by atoms with Crippen LogP contribution < -0.4 is 0 Å². The minimum absolute atomic E-state index is 0.631. The fraction of sp³-hybridized carbons (Fsp3) is 0.120. The molecule has 0 spiro atoms. The summed E-state index contributed by atoms with van der Waals surface area (Å²) in [5.74, 6) is 6.41. The van der Waals surface area contributed by atoms with E-state index in [0.717, 1.165) is 52.8 Å². The van der Waals surface area contributed by atoms with E-state index in [0.29, 0.717) is 0 Å². The normalized spacial score (nSPS) is 12.9. The lowest BCUT2D eigenvalue weighted by molar-refractivity contribution is -0.137. The molecule has 0 amide bonds. The average Bonchev–Trinajstić information content (AvgIpc) is 3.53. The summed E-state index contributed by atoms with van der Waals surface area (Å²) in [6, 6.07) is 23.0. The Balaban J connectivity index is 1.75. The standard InChI is InChI=1S/C25H17F3/c26-25(27,28)22-16-14-21(15-17-22)24(20-12-13-20)23-9-5-4-8-19(23)11-10-18-6-2-1-3-7-18/h1-9,14-17H,12-13H2. The molecule has 0 atom stereocenters. The van der Waals surface area contributed by atoms with Gasteiger partial charge in [-0.25, -0.2) is 0 Å². The zero-order valence-corrected chi connectivity index (χ0v) is 15.1. The van der Waals surface area contributed by atoms with Crippen LogP contribution in [0.3, 0.4) is 0 Å². The Bertz CT molecular complexity index is 1070. The maximum atomic E-state index is 12.9. The van der Waals surface area contributed by atoms with E-state index in [2.05, 4.69) is 11.8 Å². The van der Waals surface area contributed by atoms with Crippen LogP contribution in [0.1, 0.15) is 40.7 Å². The topological polar surface area (TPSA) is 0 Å². The summed E-state index contributed by atoms with van der Waals surface area (Å²) in [4.78, 5) is 0. The number of hydrogen-bond acceptors (Lipinski definition) is 0. The predicted octanol–water partition coefficient (Wildman–Crippen LogP) is 6.70. The lowest BCUT2D eigenvalue weighted by atomic mass is 9.92. The molecule has 4 rings (SSSR count). The summed E-state index contributed by atoms with van der Waals surface area (Å²) >= 11 is 0. The Labute approximate surface area is 162 Å². The molecule has 3 aromatic carbocycles. The highest BCUT2D eigenvalue weighted by atomic mass is 19.4. The van der Waals surface area contributed by atoms with Crippen LogP contribution >= 0.6 is 0 Å². The van der Waals surface area contributed by atoms with Crippen molar-refractivity contribution in [2.24, 2.45) is 0 Å². The molecular weight excluding hydrogens is 357 g/mol. The quantitative estimate of drug-likeness (QED) is 0.438. The molecule has 0 aliphatic heterocycles. The Morgan fingerprint density at radius 2 is 1.36 bits per heavy atom. The molecule has 1 aliphatic rings. The minimum atomic E-state index is -4.33. The van der Waals surface area contributed by atoms with Crippen LogP contribution in [-0.4, -0.2) is 0 Å². The molecular formula is C25H17F3. The third kappa shape index (κ3) is 4.02. The first-order chi connectivity index (χ1) is 13.5. The molecule has 0 saturated heterocycles. The fourth-order valence-corrected chi connectivity index (χ4v) is 3.16. The first-order valence-electron chi connectivity index (χ1n) is 9.08. The van der Waals surface area contributed by atoms with Gasteiger partial charge in [-0.05, 0) is 59.9 Å². The number of allylic oxidation sites excluding steroid dienone is 1. The van der Waals surface area contributed by atoms with E-state index in [1.807, 2.05) is 54.6 Å². The summed E-state index contributed by atoms with van der Waals surface area (Å²) in [7, 11) is 0. The van der Waals surface area contributed by atoms with Crippen molar-refractivity contribution in [2.45, 2.75) is 19.0 Å². The summed E-state index contributed by atoms with van der Waals surface area (Å²) < 4.78 is 38.7. The van der Waals surface area contributed by atoms with Crippen LogP contribution in [0.25, 0.3) is 5.57 Å². The van der Waals surface area contributed by atoms with Gasteiger partial charge in [0.25, 0.3) is 0 Å². The third-order valence-electron chi connectivity index (χ3n) is 4.67. The average molecular weight is 374 g/mol. The maximum Gasteiger partial charge on any atom is 0.416 e. The lowest BCUT2D eigenvalue weighted by Crippen LogP contribution is -2.04. The van der Waals surface area contributed by atoms with Crippen LogP contribution in [0.2, 0.25) is 0 Å². The van der Waals surface area contributed by atoms with E-state index >= 15 is 0 Å². The Kier molecular flexibility index (Phi) is 4.79. The van der Waals surface area contributed by atoms with Gasteiger partial charge < -0.3 is 0 Å². The number of benzene rings is 3. The molecule has 0 nitrogen and oxygen atoms in total. The van der Waals surface area contributed by atoms with Gasteiger partial charge in [0, 0.05) is 11.1 Å². The van der Waals surface area contributed by atoms with Gasteiger partial charge in [-0.15, -0.1) is 0 Å². The van der Waals surface area contributed by atoms with Crippen molar-refractivity contribution in [1.82, 2.24) is 0 Å². The number of hydrogen-bond donors (Lipinski definition) is 0. The van der Waals surface area contributed by atoms with Gasteiger partial charge in [0.2, 0.25) is 0 Å². The molecule has 0 N–H and O–H groups in total. The van der Waals surface area contributed by atoms with Crippen molar-refractivity contribution >= 4 is 5.57 Å². The molecule has 1 saturated carbocycles. The van der Waals surface area contributed by atoms with Gasteiger partial charge in [0.1, 0.15) is 0 Å². The van der Waals surface area contributed by atoms with E-state index in [9.17, 15) is 13.2 Å². The van der Waals surface area contributed by atoms with Crippen LogP contribution in [0.5, 0.6) is 0 Å². The van der Waals surface area contributed by atoms with Crippen molar-refractivity contribution in [3.05, 3.63) is 112 Å². The highest BCUT2D eigenvalue weighted by Crippen LogP contribution is 2.41. The molecule has 0 radical (unpaired) electrons. The van der Waals surface area contributed by atoms with E-state index in [-0.39, 0.29) is 0 Å². The predicted molar refractivity (Wildman–Crippen MR) is 106 cm³/mol. The van der Waals surface area contributed by atoms with Gasteiger partial charge in [0.05, 0.1) is 5.56 Å². The molecule has 0 heterocycles. The monoisotopic (exact) mass is 374 g/mol. The van der Waals surface area contributed by atoms with Gasteiger partial charge in [0.15, 0.2) is 0 Å². The van der Waals surface area contributed by atoms with Crippen molar-refractivity contribution in [2.75, 3.05) is 0 Å². The van der Waals surface area contributed by atoms with E-state index in [1.165, 1.54) is 5.57 Å². The zero-order chi connectivity index (χ0) is 19.6. The summed E-state index contributed by atoms with van der Waals surface area (Å²) in [5.41, 5.74) is 5.20. The Morgan fingerprint density at radius 3 is 2.00 bits per heavy atom. The van der Waals surface area contributed by atoms with Crippen molar-refractivity contribution < 1.29 is 13.2 Å². The van der Waals surface area contributed by atoms with E-state index in [1.54, 1.807) is 12.1 Å². The molecule has 0 bridgehead atoms. The molecule has 0 aromatic heterocycles. The first kappa shape index (κ1) is 18.1. The van der Waals surface area contributed by atoms with Crippen LogP contribution in [0.4, 0.5) is 13.2 Å². The summed E-state index contributed by atoms with van der Waals surface area (Å²) in [6.45, 7) is 0. The third-order valence-corrected chi connectivity index (χ3v) is 4.67. The number of halogens is 3. The first-order valence-corrected chi connectivity index (χ1v) is 9.08. The summed E-state index contributed by atoms with van der Waals surface area (Å²) in [6.07, 6.45) is -2.39. The Hall–Kier alpha value is -3.25. The van der Waals surface area contributed by atoms with E-state index in [4.69, 9.17) is 0 Å². The fourth-order valence-electron chi connectivity index (χ4n) is 3.16. The zero-order valence-electron chi connectivity index (χ0n) is 15.1. The van der Waals surface area contributed by atoms with Gasteiger partial charge in [-0.1, -0.05) is 65.9 Å². The molecule has 28 heavy (non-hydrogen) atoms. The van der Waals surface area contributed by atoms with Crippen LogP contribution in [0, 0.1) is 11.8 Å². The molecule has 0 unspecified atom stereocenters. The second kappa shape index (κ2) is 7.40. The largest absolute Gasteiger partial charge is 0.416 e. The molecule has 1 aliphatic carbocycles.